The average Bonchev–Trinajstić information content (AvgIpc) is 1.99. The lowest BCUT2D eigenvalue weighted by Crippen LogP contribution is -2.30. The quantitative estimate of drug-likeness (QED) is 0.357. The minimum absolute atomic E-state index is 0.192. The second-order valence-electron chi connectivity index (χ2n) is 2.30. The molecule has 4 N–H and O–H groups in total. The van der Waals surface area contributed by atoms with Gasteiger partial charge in [-0.05, 0) is 6.92 Å². The molecule has 3 atom stereocenters. The highest BCUT2D eigenvalue weighted by atomic mass is 16.6. The number of aliphatic hydroxyl groups excluding tert-OH is 4. The van der Waals surface area contributed by atoms with Gasteiger partial charge >= 0.3 is 0 Å². The topological polar surface area (TPSA) is 90.2 Å². The molecule has 0 aliphatic heterocycles. The van der Waals surface area contributed by atoms with Crippen LogP contribution in [0.4, 0.5) is 0 Å². The van der Waals surface area contributed by atoms with Crippen molar-refractivity contribution in [3.05, 3.63) is 0 Å². The summed E-state index contributed by atoms with van der Waals surface area (Å²) >= 11 is 0. The Morgan fingerprint density at radius 1 is 1.27 bits per heavy atom. The minimum atomic E-state index is -1.31. The normalized spacial score (nSPS) is 19.4. The summed E-state index contributed by atoms with van der Waals surface area (Å²) in [5, 5.41) is 34.5. The van der Waals surface area contributed by atoms with E-state index in [0.29, 0.717) is 0 Å². The van der Waals surface area contributed by atoms with E-state index in [1.54, 1.807) is 0 Å². The van der Waals surface area contributed by atoms with Gasteiger partial charge in [0.15, 0.2) is 6.29 Å². The van der Waals surface area contributed by atoms with E-state index in [-0.39, 0.29) is 6.61 Å². The molecule has 0 aliphatic rings. The van der Waals surface area contributed by atoms with Crippen LogP contribution >= 0.6 is 0 Å². The molecule has 0 bridgehead atoms. The molecule has 3 unspecified atom stereocenters. The molecule has 0 aliphatic carbocycles. The van der Waals surface area contributed by atoms with Crippen molar-refractivity contribution in [2.24, 2.45) is 0 Å². The number of aliphatic hydroxyl groups is 4. The molecule has 0 rings (SSSR count). The van der Waals surface area contributed by atoms with Gasteiger partial charge in [-0.3, -0.25) is 0 Å². The van der Waals surface area contributed by atoms with Crippen LogP contribution in [0.5, 0.6) is 0 Å². The predicted octanol–water partition coefficient (Wildman–Crippen LogP) is -1.94. The Morgan fingerprint density at radius 3 is 2.18 bits per heavy atom. The third-order valence-electron chi connectivity index (χ3n) is 1.08. The van der Waals surface area contributed by atoms with Crippen molar-refractivity contribution in [3.8, 4) is 0 Å². The Kier molecular flexibility index (Phi) is 5.35. The molecule has 0 heterocycles. The van der Waals surface area contributed by atoms with Crippen molar-refractivity contribution < 1.29 is 25.2 Å². The van der Waals surface area contributed by atoms with Crippen molar-refractivity contribution >= 4 is 0 Å². The van der Waals surface area contributed by atoms with Crippen LogP contribution in [0, 0.1) is 0 Å². The molecule has 11 heavy (non-hydrogen) atoms. The standard InChI is InChI=1S/C6H14O5/c1-4(8)6(10)11-3-5(9)2-7/h4-10H,2-3H2,1H3. The Labute approximate surface area is 64.9 Å². The van der Waals surface area contributed by atoms with Gasteiger partial charge in [0.2, 0.25) is 0 Å². The van der Waals surface area contributed by atoms with Gasteiger partial charge in [0, 0.05) is 0 Å². The van der Waals surface area contributed by atoms with Crippen LogP contribution in [0.3, 0.4) is 0 Å². The highest BCUT2D eigenvalue weighted by Gasteiger charge is 2.12. The zero-order chi connectivity index (χ0) is 8.85. The SMILES string of the molecule is CC(O)C(O)OCC(O)CO. The lowest BCUT2D eigenvalue weighted by Gasteiger charge is -2.15. The molecule has 0 radical (unpaired) electrons. The summed E-state index contributed by atoms with van der Waals surface area (Å²) in [6.45, 7) is 0.741. The van der Waals surface area contributed by atoms with E-state index in [1.807, 2.05) is 0 Å². The highest BCUT2D eigenvalue weighted by Crippen LogP contribution is 1.95. The first-order valence-corrected chi connectivity index (χ1v) is 3.34. The van der Waals surface area contributed by atoms with E-state index in [0.717, 1.165) is 0 Å². The maximum absolute atomic E-state index is 8.81. The van der Waals surface area contributed by atoms with Crippen molar-refractivity contribution in [2.45, 2.75) is 25.4 Å². The molecule has 0 fully saturated rings. The van der Waals surface area contributed by atoms with Crippen molar-refractivity contribution in [3.63, 3.8) is 0 Å². The summed E-state index contributed by atoms with van der Waals surface area (Å²) in [7, 11) is 0. The summed E-state index contributed by atoms with van der Waals surface area (Å²) in [6.07, 6.45) is -3.32. The first kappa shape index (κ1) is 10.8. The molecule has 5 heteroatoms. The van der Waals surface area contributed by atoms with Crippen LogP contribution in [0.15, 0.2) is 0 Å². The minimum Gasteiger partial charge on any atom is -0.394 e. The molecule has 0 aromatic carbocycles. The number of hydrogen-bond acceptors (Lipinski definition) is 5. The van der Waals surface area contributed by atoms with Crippen molar-refractivity contribution in [2.75, 3.05) is 13.2 Å². The second kappa shape index (κ2) is 5.45. The molecule has 0 saturated carbocycles. The number of rotatable bonds is 5. The molecule has 0 aromatic rings. The van der Waals surface area contributed by atoms with E-state index < -0.39 is 25.1 Å². The molecular formula is C6H14O5. The van der Waals surface area contributed by atoms with Crippen molar-refractivity contribution in [1.29, 1.82) is 0 Å². The zero-order valence-corrected chi connectivity index (χ0v) is 6.34. The van der Waals surface area contributed by atoms with Gasteiger partial charge < -0.3 is 25.2 Å². The largest absolute Gasteiger partial charge is 0.394 e. The maximum Gasteiger partial charge on any atom is 0.180 e. The van der Waals surface area contributed by atoms with E-state index >= 15 is 0 Å². The van der Waals surface area contributed by atoms with Crippen LogP contribution in [0.2, 0.25) is 0 Å². The Balaban J connectivity index is 3.37. The molecule has 0 saturated heterocycles. The molecule has 0 aromatic heterocycles. The van der Waals surface area contributed by atoms with Crippen LogP contribution in [0.25, 0.3) is 0 Å². The summed E-state index contributed by atoms with van der Waals surface area (Å²) in [6, 6.07) is 0. The predicted molar refractivity (Wildman–Crippen MR) is 36.7 cm³/mol. The third kappa shape index (κ3) is 5.11. The Bertz CT molecular complexity index is 95.0. The van der Waals surface area contributed by atoms with Gasteiger partial charge in [0.25, 0.3) is 0 Å². The van der Waals surface area contributed by atoms with E-state index in [1.165, 1.54) is 6.92 Å². The number of ether oxygens (including phenoxy) is 1. The monoisotopic (exact) mass is 166 g/mol. The first-order valence-electron chi connectivity index (χ1n) is 3.34. The lowest BCUT2D eigenvalue weighted by atomic mass is 10.4. The van der Waals surface area contributed by atoms with E-state index in [9.17, 15) is 0 Å². The van der Waals surface area contributed by atoms with Gasteiger partial charge in [-0.15, -0.1) is 0 Å². The first-order chi connectivity index (χ1) is 5.07. The molecule has 5 nitrogen and oxygen atoms in total. The van der Waals surface area contributed by atoms with Gasteiger partial charge in [0.05, 0.1) is 13.2 Å². The van der Waals surface area contributed by atoms with E-state index in [4.69, 9.17) is 20.4 Å². The zero-order valence-electron chi connectivity index (χ0n) is 6.34. The maximum atomic E-state index is 8.81. The van der Waals surface area contributed by atoms with Gasteiger partial charge in [-0.2, -0.15) is 0 Å². The van der Waals surface area contributed by atoms with Crippen LogP contribution in [0.1, 0.15) is 6.92 Å². The summed E-state index contributed by atoms with van der Waals surface area (Å²) in [4.78, 5) is 0. The van der Waals surface area contributed by atoms with Crippen LogP contribution in [-0.4, -0.2) is 52.1 Å². The smallest absolute Gasteiger partial charge is 0.180 e. The fourth-order valence-corrected chi connectivity index (χ4v) is 0.402. The molecule has 68 valence electrons. The van der Waals surface area contributed by atoms with Gasteiger partial charge in [-0.1, -0.05) is 0 Å². The fraction of sp³-hybridized carbons (Fsp3) is 1.00. The second-order valence-corrected chi connectivity index (χ2v) is 2.30. The molecule has 0 spiro atoms. The Morgan fingerprint density at radius 2 is 1.82 bits per heavy atom. The molecule has 0 amide bonds. The highest BCUT2D eigenvalue weighted by molar-refractivity contribution is 4.53. The lowest BCUT2D eigenvalue weighted by molar-refractivity contribution is -0.172. The van der Waals surface area contributed by atoms with Gasteiger partial charge in [0.1, 0.15) is 12.2 Å². The summed E-state index contributed by atoms with van der Waals surface area (Å²) in [5.74, 6) is 0. The number of hydrogen-bond donors (Lipinski definition) is 4. The fourth-order valence-electron chi connectivity index (χ4n) is 0.402. The average molecular weight is 166 g/mol. The molecular weight excluding hydrogens is 152 g/mol. The summed E-state index contributed by atoms with van der Waals surface area (Å²) < 4.78 is 4.55. The van der Waals surface area contributed by atoms with Crippen LogP contribution < -0.4 is 0 Å². The van der Waals surface area contributed by atoms with E-state index in [2.05, 4.69) is 4.74 Å². The van der Waals surface area contributed by atoms with Crippen molar-refractivity contribution in [1.82, 2.24) is 0 Å². The third-order valence-corrected chi connectivity index (χ3v) is 1.08. The van der Waals surface area contributed by atoms with Crippen LogP contribution in [-0.2, 0) is 4.74 Å². The van der Waals surface area contributed by atoms with Gasteiger partial charge in [-0.25, -0.2) is 0 Å². The Hall–Kier alpha value is -0.200. The summed E-state index contributed by atoms with van der Waals surface area (Å²) in [5.41, 5.74) is 0.